The van der Waals surface area contributed by atoms with E-state index in [-0.39, 0.29) is 5.56 Å². The lowest BCUT2D eigenvalue weighted by Gasteiger charge is -2.09. The van der Waals surface area contributed by atoms with E-state index in [9.17, 15) is 14.4 Å². The van der Waals surface area contributed by atoms with E-state index >= 15 is 0 Å². The van der Waals surface area contributed by atoms with Gasteiger partial charge in [0.25, 0.3) is 5.91 Å². The number of esters is 2. The number of hydrogen-bond donors (Lipinski definition) is 1. The van der Waals surface area contributed by atoms with Crippen LogP contribution in [0, 0.1) is 0 Å². The summed E-state index contributed by atoms with van der Waals surface area (Å²) >= 11 is 0. The predicted molar refractivity (Wildman–Crippen MR) is 76.8 cm³/mol. The summed E-state index contributed by atoms with van der Waals surface area (Å²) < 4.78 is 9.37. The molecule has 0 saturated heterocycles. The van der Waals surface area contributed by atoms with Crippen molar-refractivity contribution in [3.05, 3.63) is 42.0 Å². The lowest BCUT2D eigenvalue weighted by molar-refractivity contribution is -0.142. The Bertz CT molecular complexity index is 551. The molecule has 0 aliphatic rings. The van der Waals surface area contributed by atoms with Crippen molar-refractivity contribution in [3.63, 3.8) is 0 Å². The van der Waals surface area contributed by atoms with Crippen molar-refractivity contribution in [2.45, 2.75) is 13.3 Å². The maximum absolute atomic E-state index is 11.7. The molecule has 1 amide bonds. The lowest BCUT2D eigenvalue weighted by atomic mass is 10.2. The van der Waals surface area contributed by atoms with Crippen LogP contribution in [0.15, 0.2) is 36.4 Å². The number of methoxy groups -OCH3 is 1. The maximum Gasteiger partial charge on any atom is 0.339 e. The number of amides is 1. The summed E-state index contributed by atoms with van der Waals surface area (Å²) in [7, 11) is 1.25. The predicted octanol–water partition coefficient (Wildman–Crippen LogP) is 1.92. The molecule has 0 aromatic heterocycles. The number of benzene rings is 1. The first kappa shape index (κ1) is 16.4. The van der Waals surface area contributed by atoms with E-state index in [1.165, 1.54) is 19.3 Å². The summed E-state index contributed by atoms with van der Waals surface area (Å²) in [5, 5.41) is 2.50. The SMILES string of the molecule is CC/C=C/C(=O)OCC(=O)Nc1ccccc1C(=O)OC. The molecular weight excluding hydrogens is 274 g/mol. The van der Waals surface area contributed by atoms with Crippen LogP contribution in [0.4, 0.5) is 5.69 Å². The monoisotopic (exact) mass is 291 g/mol. The Morgan fingerprint density at radius 2 is 1.95 bits per heavy atom. The van der Waals surface area contributed by atoms with Crippen molar-refractivity contribution < 1.29 is 23.9 Å². The van der Waals surface area contributed by atoms with Crippen molar-refractivity contribution in [1.82, 2.24) is 0 Å². The average Bonchev–Trinajstić information content (AvgIpc) is 2.50. The molecule has 112 valence electrons. The third-order valence-electron chi connectivity index (χ3n) is 2.44. The fraction of sp³-hybridized carbons (Fsp3) is 0.267. The molecule has 0 aliphatic heterocycles. The number of carbonyl (C=O) groups excluding carboxylic acids is 3. The summed E-state index contributed by atoms with van der Waals surface area (Å²) in [5.41, 5.74) is 0.528. The van der Waals surface area contributed by atoms with Crippen LogP contribution in [0.2, 0.25) is 0 Å². The Morgan fingerprint density at radius 3 is 2.62 bits per heavy atom. The van der Waals surface area contributed by atoms with Crippen molar-refractivity contribution >= 4 is 23.5 Å². The van der Waals surface area contributed by atoms with E-state index in [4.69, 9.17) is 4.74 Å². The summed E-state index contributed by atoms with van der Waals surface area (Å²) in [6.45, 7) is 1.45. The fourth-order valence-corrected chi connectivity index (χ4v) is 1.47. The summed E-state index contributed by atoms with van der Waals surface area (Å²) in [4.78, 5) is 34.4. The number of nitrogens with one attached hydrogen (secondary N) is 1. The summed E-state index contributed by atoms with van der Waals surface area (Å²) in [6, 6.07) is 6.40. The smallest absolute Gasteiger partial charge is 0.339 e. The van der Waals surface area contributed by atoms with E-state index in [2.05, 4.69) is 10.1 Å². The molecule has 0 spiro atoms. The largest absolute Gasteiger partial charge is 0.465 e. The van der Waals surface area contributed by atoms with Gasteiger partial charge in [0.05, 0.1) is 18.4 Å². The molecule has 6 heteroatoms. The first-order chi connectivity index (χ1) is 10.1. The van der Waals surface area contributed by atoms with Gasteiger partial charge in [0.15, 0.2) is 6.61 Å². The Hall–Kier alpha value is -2.63. The lowest BCUT2D eigenvalue weighted by Crippen LogP contribution is -2.21. The van der Waals surface area contributed by atoms with Crippen LogP contribution in [0.5, 0.6) is 0 Å². The van der Waals surface area contributed by atoms with Crippen molar-refractivity contribution in [1.29, 1.82) is 0 Å². The molecule has 1 aromatic rings. The Morgan fingerprint density at radius 1 is 1.24 bits per heavy atom. The van der Waals surface area contributed by atoms with Gasteiger partial charge in [-0.25, -0.2) is 9.59 Å². The second kappa shape index (κ2) is 8.52. The molecule has 0 saturated carbocycles. The summed E-state index contributed by atoms with van der Waals surface area (Å²) in [5.74, 6) is -1.69. The second-order valence-electron chi connectivity index (χ2n) is 4.00. The molecule has 0 aliphatic carbocycles. The molecule has 0 radical (unpaired) electrons. The Labute approximate surface area is 122 Å². The summed E-state index contributed by atoms with van der Waals surface area (Å²) in [6.07, 6.45) is 3.59. The van der Waals surface area contributed by atoms with Crippen LogP contribution in [0.3, 0.4) is 0 Å². The Balaban J connectivity index is 2.61. The highest BCUT2D eigenvalue weighted by molar-refractivity contribution is 6.02. The number of rotatable bonds is 6. The van der Waals surface area contributed by atoms with Crippen LogP contribution >= 0.6 is 0 Å². The van der Waals surface area contributed by atoms with Gasteiger partial charge in [-0.1, -0.05) is 25.1 Å². The topological polar surface area (TPSA) is 81.7 Å². The minimum absolute atomic E-state index is 0.227. The number of anilines is 1. The molecule has 6 nitrogen and oxygen atoms in total. The molecule has 21 heavy (non-hydrogen) atoms. The van der Waals surface area contributed by atoms with Crippen LogP contribution in [0.1, 0.15) is 23.7 Å². The third-order valence-corrected chi connectivity index (χ3v) is 2.44. The van der Waals surface area contributed by atoms with Gasteiger partial charge < -0.3 is 14.8 Å². The fourth-order valence-electron chi connectivity index (χ4n) is 1.47. The molecule has 0 bridgehead atoms. The average molecular weight is 291 g/mol. The zero-order chi connectivity index (χ0) is 15.7. The van der Waals surface area contributed by atoms with E-state index in [0.717, 1.165) is 0 Å². The highest BCUT2D eigenvalue weighted by Crippen LogP contribution is 2.15. The zero-order valence-electron chi connectivity index (χ0n) is 11.9. The molecular formula is C15H17NO5. The number of ether oxygens (including phenoxy) is 2. The second-order valence-corrected chi connectivity index (χ2v) is 4.00. The molecule has 0 atom stereocenters. The number of hydrogen-bond acceptors (Lipinski definition) is 5. The minimum atomic E-state index is -0.590. The van der Waals surface area contributed by atoms with E-state index in [1.54, 1.807) is 24.3 Å². The standard InChI is InChI=1S/C15H17NO5/c1-3-4-9-14(18)21-10-13(17)16-12-8-6-5-7-11(12)15(19)20-2/h4-9H,3,10H2,1-2H3,(H,16,17)/b9-4+. The molecule has 1 N–H and O–H groups in total. The van der Waals surface area contributed by atoms with Crippen molar-refractivity contribution in [2.75, 3.05) is 19.0 Å². The third kappa shape index (κ3) is 5.48. The van der Waals surface area contributed by atoms with Gasteiger partial charge in [-0.2, -0.15) is 0 Å². The zero-order valence-corrected chi connectivity index (χ0v) is 11.9. The van der Waals surface area contributed by atoms with Gasteiger partial charge in [0.2, 0.25) is 0 Å². The van der Waals surface area contributed by atoms with Gasteiger partial charge in [-0.3, -0.25) is 4.79 Å². The molecule has 0 fully saturated rings. The Kier molecular flexibility index (Phi) is 6.67. The minimum Gasteiger partial charge on any atom is -0.465 e. The van der Waals surface area contributed by atoms with Crippen LogP contribution < -0.4 is 5.32 Å². The molecule has 1 rings (SSSR count). The van der Waals surface area contributed by atoms with Gasteiger partial charge in [0, 0.05) is 6.08 Å². The van der Waals surface area contributed by atoms with Gasteiger partial charge in [-0.15, -0.1) is 0 Å². The van der Waals surface area contributed by atoms with Gasteiger partial charge in [0.1, 0.15) is 0 Å². The van der Waals surface area contributed by atoms with Gasteiger partial charge >= 0.3 is 11.9 Å². The van der Waals surface area contributed by atoms with E-state index in [1.807, 2.05) is 6.92 Å². The van der Waals surface area contributed by atoms with Crippen LogP contribution in [-0.4, -0.2) is 31.6 Å². The first-order valence-corrected chi connectivity index (χ1v) is 6.39. The maximum atomic E-state index is 11.7. The van der Waals surface area contributed by atoms with Gasteiger partial charge in [-0.05, 0) is 18.6 Å². The quantitative estimate of drug-likeness (QED) is 0.639. The van der Waals surface area contributed by atoms with Crippen LogP contribution in [-0.2, 0) is 19.1 Å². The van der Waals surface area contributed by atoms with E-state index in [0.29, 0.717) is 12.1 Å². The van der Waals surface area contributed by atoms with Crippen molar-refractivity contribution in [2.24, 2.45) is 0 Å². The first-order valence-electron chi connectivity index (χ1n) is 6.39. The number of allylic oxidation sites excluding steroid dienone is 1. The van der Waals surface area contributed by atoms with Crippen LogP contribution in [0.25, 0.3) is 0 Å². The molecule has 1 aromatic carbocycles. The number of para-hydroxylation sites is 1. The highest BCUT2D eigenvalue weighted by atomic mass is 16.5. The molecule has 0 heterocycles. The van der Waals surface area contributed by atoms with E-state index < -0.39 is 24.5 Å². The number of carbonyl (C=O) groups is 3. The highest BCUT2D eigenvalue weighted by Gasteiger charge is 2.13. The normalized spacial score (nSPS) is 10.2. The van der Waals surface area contributed by atoms with Crippen molar-refractivity contribution in [3.8, 4) is 0 Å². The molecule has 0 unspecified atom stereocenters.